The molecule has 0 amide bonds. The van der Waals surface area contributed by atoms with Gasteiger partial charge in [0.1, 0.15) is 11.6 Å². The summed E-state index contributed by atoms with van der Waals surface area (Å²) in [6, 6.07) is 5.49. The van der Waals surface area contributed by atoms with Crippen molar-refractivity contribution in [2.45, 2.75) is 20.0 Å². The Balaban J connectivity index is 2.44. The number of hydrogen-bond acceptors (Lipinski definition) is 4. The summed E-state index contributed by atoms with van der Waals surface area (Å²) in [4.78, 5) is 0. The topological polar surface area (TPSA) is 77.6 Å². The van der Waals surface area contributed by atoms with Crippen molar-refractivity contribution >= 4 is 5.84 Å². The highest BCUT2D eigenvalue weighted by molar-refractivity contribution is 5.97. The molecule has 0 spiro atoms. The molecule has 0 saturated carbocycles. The molecule has 1 rings (SSSR count). The zero-order valence-electron chi connectivity index (χ0n) is 11.6. The first-order chi connectivity index (χ1) is 9.19. The molecule has 1 aromatic rings. The molecule has 0 aliphatic rings. The van der Waals surface area contributed by atoms with E-state index in [-0.39, 0.29) is 5.84 Å². The summed E-state index contributed by atoms with van der Waals surface area (Å²) in [6.07, 6.45) is 1.02. The van der Waals surface area contributed by atoms with Crippen LogP contribution in [-0.4, -0.2) is 32.8 Å². The van der Waals surface area contributed by atoms with Crippen LogP contribution in [0.5, 0.6) is 5.75 Å². The van der Waals surface area contributed by atoms with Gasteiger partial charge in [-0.3, -0.25) is 5.41 Å². The first kappa shape index (κ1) is 15.5. The molecule has 0 heterocycles. The molecule has 5 heteroatoms. The number of nitrogen functional groups attached to an aromatic ring is 1. The summed E-state index contributed by atoms with van der Waals surface area (Å²) in [5.74, 6) is 0.591. The molecular weight excluding hydrogens is 244 g/mol. The van der Waals surface area contributed by atoms with Gasteiger partial charge in [-0.15, -0.1) is 0 Å². The van der Waals surface area contributed by atoms with Crippen molar-refractivity contribution in [1.82, 2.24) is 0 Å². The minimum absolute atomic E-state index is 0.00251. The highest BCUT2D eigenvalue weighted by Gasteiger charge is 2.06. The third kappa shape index (κ3) is 5.28. The highest BCUT2D eigenvalue weighted by Crippen LogP contribution is 2.20. The Kier molecular flexibility index (Phi) is 6.92. The molecule has 19 heavy (non-hydrogen) atoms. The Morgan fingerprint density at radius 2 is 1.95 bits per heavy atom. The fourth-order valence-corrected chi connectivity index (χ4v) is 1.60. The van der Waals surface area contributed by atoms with Crippen molar-refractivity contribution in [1.29, 1.82) is 5.41 Å². The van der Waals surface area contributed by atoms with Gasteiger partial charge in [-0.2, -0.15) is 0 Å². The average molecular weight is 266 g/mol. The van der Waals surface area contributed by atoms with E-state index < -0.39 is 0 Å². The molecule has 5 nitrogen and oxygen atoms in total. The zero-order chi connectivity index (χ0) is 14.1. The number of methoxy groups -OCH3 is 1. The number of nitrogens with one attached hydrogen (secondary N) is 1. The van der Waals surface area contributed by atoms with Gasteiger partial charge < -0.3 is 19.9 Å². The van der Waals surface area contributed by atoms with Crippen LogP contribution >= 0.6 is 0 Å². The van der Waals surface area contributed by atoms with Crippen LogP contribution < -0.4 is 10.5 Å². The molecule has 0 aliphatic heterocycles. The maximum atomic E-state index is 7.43. The van der Waals surface area contributed by atoms with Crippen molar-refractivity contribution in [3.8, 4) is 5.75 Å². The van der Waals surface area contributed by atoms with Crippen molar-refractivity contribution in [3.63, 3.8) is 0 Å². The predicted octanol–water partition coefficient (Wildman–Crippen LogP) is 1.92. The van der Waals surface area contributed by atoms with Crippen molar-refractivity contribution in [3.05, 3.63) is 29.3 Å². The molecule has 0 radical (unpaired) electrons. The van der Waals surface area contributed by atoms with Crippen molar-refractivity contribution in [2.24, 2.45) is 5.73 Å². The average Bonchev–Trinajstić information content (AvgIpc) is 2.42. The van der Waals surface area contributed by atoms with Crippen LogP contribution in [0.15, 0.2) is 18.2 Å². The van der Waals surface area contributed by atoms with Crippen molar-refractivity contribution in [2.75, 3.05) is 26.9 Å². The second-order valence-electron chi connectivity index (χ2n) is 4.11. The minimum Gasteiger partial charge on any atom is -0.496 e. The smallest absolute Gasteiger partial charge is 0.130 e. The first-order valence-electron chi connectivity index (χ1n) is 6.35. The monoisotopic (exact) mass is 266 g/mol. The van der Waals surface area contributed by atoms with E-state index in [0.29, 0.717) is 31.1 Å². The third-order valence-corrected chi connectivity index (χ3v) is 2.55. The lowest BCUT2D eigenvalue weighted by atomic mass is 10.1. The van der Waals surface area contributed by atoms with Gasteiger partial charge in [0.25, 0.3) is 0 Å². The summed E-state index contributed by atoms with van der Waals surface area (Å²) in [6.45, 7) is 4.51. The first-order valence-corrected chi connectivity index (χ1v) is 6.35. The fraction of sp³-hybridized carbons (Fsp3) is 0.500. The van der Waals surface area contributed by atoms with Crippen molar-refractivity contribution < 1.29 is 14.2 Å². The summed E-state index contributed by atoms with van der Waals surface area (Å²) in [7, 11) is 1.56. The molecule has 0 saturated heterocycles. The van der Waals surface area contributed by atoms with Gasteiger partial charge >= 0.3 is 0 Å². The van der Waals surface area contributed by atoms with Crippen LogP contribution in [-0.2, 0) is 16.1 Å². The summed E-state index contributed by atoms with van der Waals surface area (Å²) in [5, 5.41) is 7.43. The highest BCUT2D eigenvalue weighted by atomic mass is 16.5. The number of amidine groups is 1. The normalized spacial score (nSPS) is 10.4. The second kappa shape index (κ2) is 8.50. The number of hydrogen-bond donors (Lipinski definition) is 2. The number of rotatable bonds is 9. The lowest BCUT2D eigenvalue weighted by Gasteiger charge is -2.10. The molecule has 106 valence electrons. The largest absolute Gasteiger partial charge is 0.496 e. The zero-order valence-corrected chi connectivity index (χ0v) is 11.6. The second-order valence-corrected chi connectivity index (χ2v) is 4.11. The lowest BCUT2D eigenvalue weighted by molar-refractivity contribution is 0.0408. The Bertz CT molecular complexity index is 408. The molecule has 0 unspecified atom stereocenters. The molecule has 0 aliphatic carbocycles. The molecule has 0 aromatic heterocycles. The molecule has 3 N–H and O–H groups in total. The quantitative estimate of drug-likeness (QED) is 0.406. The molecule has 0 fully saturated rings. The molecule has 1 aromatic carbocycles. The van der Waals surface area contributed by atoms with Crippen LogP contribution in [0.4, 0.5) is 0 Å². The van der Waals surface area contributed by atoms with Gasteiger partial charge in [-0.25, -0.2) is 0 Å². The molecule has 0 bridgehead atoms. The van der Waals surface area contributed by atoms with E-state index in [1.807, 2.05) is 12.1 Å². The van der Waals surface area contributed by atoms with Crippen LogP contribution in [0, 0.1) is 5.41 Å². The number of ether oxygens (including phenoxy) is 3. The van der Waals surface area contributed by atoms with Crippen LogP contribution in [0.2, 0.25) is 0 Å². The lowest BCUT2D eigenvalue weighted by Crippen LogP contribution is -2.13. The van der Waals surface area contributed by atoms with Crippen LogP contribution in [0.3, 0.4) is 0 Å². The molecule has 0 atom stereocenters. The van der Waals surface area contributed by atoms with E-state index in [0.717, 1.165) is 18.6 Å². The maximum Gasteiger partial charge on any atom is 0.130 e. The minimum atomic E-state index is -0.00251. The Morgan fingerprint density at radius 1 is 1.21 bits per heavy atom. The summed E-state index contributed by atoms with van der Waals surface area (Å²) >= 11 is 0. The fourth-order valence-electron chi connectivity index (χ4n) is 1.60. The van der Waals surface area contributed by atoms with Gasteiger partial charge in [-0.05, 0) is 24.1 Å². The SMILES string of the molecule is CCCOCCOCc1ccc(C(=N)N)c(OC)c1. The number of benzene rings is 1. The van der Waals surface area contributed by atoms with E-state index in [1.54, 1.807) is 13.2 Å². The Labute approximate surface area is 114 Å². The predicted molar refractivity (Wildman–Crippen MR) is 74.8 cm³/mol. The maximum absolute atomic E-state index is 7.43. The van der Waals surface area contributed by atoms with Gasteiger partial charge in [0.15, 0.2) is 0 Å². The van der Waals surface area contributed by atoms with E-state index in [2.05, 4.69) is 6.92 Å². The van der Waals surface area contributed by atoms with E-state index in [4.69, 9.17) is 25.4 Å². The molecular formula is C14H22N2O3. The van der Waals surface area contributed by atoms with Crippen LogP contribution in [0.25, 0.3) is 0 Å². The van der Waals surface area contributed by atoms with Gasteiger partial charge in [0.2, 0.25) is 0 Å². The third-order valence-electron chi connectivity index (χ3n) is 2.55. The van der Waals surface area contributed by atoms with Gasteiger partial charge in [-0.1, -0.05) is 13.0 Å². The standard InChI is InChI=1S/C14H22N2O3/c1-3-6-18-7-8-19-10-11-4-5-12(14(15)16)13(9-11)17-2/h4-5,9H,3,6-8,10H2,1-2H3,(H3,15,16). The Hall–Kier alpha value is -1.59. The summed E-state index contributed by atoms with van der Waals surface area (Å²) in [5.41, 5.74) is 7.04. The summed E-state index contributed by atoms with van der Waals surface area (Å²) < 4.78 is 16.0. The number of nitrogens with two attached hydrogens (primary N) is 1. The van der Waals surface area contributed by atoms with E-state index >= 15 is 0 Å². The van der Waals surface area contributed by atoms with Gasteiger partial charge in [0.05, 0.1) is 32.5 Å². The Morgan fingerprint density at radius 3 is 2.58 bits per heavy atom. The van der Waals surface area contributed by atoms with Crippen LogP contribution in [0.1, 0.15) is 24.5 Å². The van der Waals surface area contributed by atoms with E-state index in [9.17, 15) is 0 Å². The van der Waals surface area contributed by atoms with Gasteiger partial charge in [0, 0.05) is 6.61 Å². The van der Waals surface area contributed by atoms with E-state index in [1.165, 1.54) is 0 Å².